The Hall–Kier alpha value is -2.55. The van der Waals surface area contributed by atoms with Crippen molar-refractivity contribution >= 4 is 28.9 Å². The van der Waals surface area contributed by atoms with E-state index in [4.69, 9.17) is 16.9 Å². The lowest BCUT2D eigenvalue weighted by Crippen LogP contribution is -2.33. The van der Waals surface area contributed by atoms with Gasteiger partial charge in [0.05, 0.1) is 17.1 Å². The van der Waals surface area contributed by atoms with Crippen LogP contribution in [0.3, 0.4) is 0 Å². The molecule has 2 aromatic carbocycles. The van der Waals surface area contributed by atoms with Crippen LogP contribution in [0.25, 0.3) is 0 Å². The van der Waals surface area contributed by atoms with Gasteiger partial charge in [0.25, 0.3) is 0 Å². The number of carbonyl (C=O) groups is 1. The van der Waals surface area contributed by atoms with Crippen molar-refractivity contribution in [3.63, 3.8) is 0 Å². The van der Waals surface area contributed by atoms with Gasteiger partial charge in [-0.25, -0.2) is 0 Å². The van der Waals surface area contributed by atoms with Gasteiger partial charge in [0.15, 0.2) is 0 Å². The van der Waals surface area contributed by atoms with E-state index >= 15 is 0 Å². The molecule has 1 amide bonds. The Morgan fingerprint density at radius 1 is 1.21 bits per heavy atom. The number of carbonyl (C=O) groups excluding carboxylic acids is 1. The molecular weight excluding hydrogens is 384 g/mol. The minimum Gasteiger partial charge on any atom is -0.376 e. The second-order valence-corrected chi connectivity index (χ2v) is 7.98. The van der Waals surface area contributed by atoms with E-state index in [0.29, 0.717) is 22.3 Å². The highest BCUT2D eigenvalue weighted by Crippen LogP contribution is 2.25. The van der Waals surface area contributed by atoms with Gasteiger partial charge in [-0.3, -0.25) is 9.69 Å². The lowest BCUT2D eigenvalue weighted by Gasteiger charge is -2.31. The zero-order valence-corrected chi connectivity index (χ0v) is 17.5. The Morgan fingerprint density at radius 3 is 2.69 bits per heavy atom. The molecule has 0 atom stereocenters. The molecule has 0 aliphatic heterocycles. The molecule has 5 nitrogen and oxygen atoms in total. The van der Waals surface area contributed by atoms with Crippen LogP contribution in [0.2, 0.25) is 5.02 Å². The van der Waals surface area contributed by atoms with Gasteiger partial charge in [0.2, 0.25) is 5.91 Å². The molecule has 0 aromatic heterocycles. The quantitative estimate of drug-likeness (QED) is 0.671. The number of benzene rings is 2. The largest absolute Gasteiger partial charge is 0.376 e. The van der Waals surface area contributed by atoms with Crippen LogP contribution in [0.5, 0.6) is 0 Å². The van der Waals surface area contributed by atoms with Gasteiger partial charge < -0.3 is 10.6 Å². The highest BCUT2D eigenvalue weighted by molar-refractivity contribution is 6.32. The molecule has 0 heterocycles. The number of anilines is 2. The van der Waals surface area contributed by atoms with Crippen LogP contribution in [0.4, 0.5) is 11.4 Å². The molecule has 0 spiro atoms. The standard InChI is InChI=1S/C23H27ClN4O/c1-28(20-8-3-2-4-9-20)16-18-7-5-6-10-22(18)26-15-23(29)27-19-12-11-17(14-25)21(24)13-19/h5-7,10-13,20,26H,2-4,8-9,15-16H2,1H3,(H,27,29). The maximum atomic E-state index is 12.3. The zero-order chi connectivity index (χ0) is 20.6. The smallest absolute Gasteiger partial charge is 0.243 e. The van der Waals surface area contributed by atoms with E-state index in [1.54, 1.807) is 18.2 Å². The third kappa shape index (κ3) is 5.96. The number of nitriles is 1. The second kappa shape index (κ2) is 10.3. The summed E-state index contributed by atoms with van der Waals surface area (Å²) in [5, 5.41) is 15.3. The van der Waals surface area contributed by atoms with Crippen molar-refractivity contribution in [2.45, 2.75) is 44.7 Å². The number of hydrogen-bond donors (Lipinski definition) is 2. The number of rotatable bonds is 7. The fourth-order valence-electron chi connectivity index (χ4n) is 3.81. The SMILES string of the molecule is CN(Cc1ccccc1NCC(=O)Nc1ccc(C#N)c(Cl)c1)C1CCCCC1. The molecule has 2 N–H and O–H groups in total. The number of hydrogen-bond acceptors (Lipinski definition) is 4. The van der Waals surface area contributed by atoms with Crippen molar-refractivity contribution in [1.82, 2.24) is 4.90 Å². The number of amides is 1. The summed E-state index contributed by atoms with van der Waals surface area (Å²) >= 11 is 6.03. The normalized spacial score (nSPS) is 14.4. The minimum atomic E-state index is -0.166. The Kier molecular flexibility index (Phi) is 7.51. The fourth-order valence-corrected chi connectivity index (χ4v) is 4.04. The van der Waals surface area contributed by atoms with Crippen molar-refractivity contribution in [3.05, 3.63) is 58.6 Å². The molecule has 1 aliphatic rings. The first kappa shape index (κ1) is 21.2. The summed E-state index contributed by atoms with van der Waals surface area (Å²) in [6.07, 6.45) is 6.51. The summed E-state index contributed by atoms with van der Waals surface area (Å²) in [5.41, 5.74) is 3.13. The zero-order valence-electron chi connectivity index (χ0n) is 16.7. The molecule has 29 heavy (non-hydrogen) atoms. The summed E-state index contributed by atoms with van der Waals surface area (Å²) in [4.78, 5) is 14.8. The summed E-state index contributed by atoms with van der Waals surface area (Å²) in [6, 6.07) is 15.6. The van der Waals surface area contributed by atoms with Crippen molar-refractivity contribution in [1.29, 1.82) is 5.26 Å². The highest BCUT2D eigenvalue weighted by atomic mass is 35.5. The monoisotopic (exact) mass is 410 g/mol. The number of halogens is 1. The van der Waals surface area contributed by atoms with Crippen molar-refractivity contribution in [2.24, 2.45) is 0 Å². The predicted molar refractivity (Wildman–Crippen MR) is 118 cm³/mol. The van der Waals surface area contributed by atoms with E-state index in [1.807, 2.05) is 24.3 Å². The minimum absolute atomic E-state index is 0.155. The van der Waals surface area contributed by atoms with Crippen LogP contribution in [0.15, 0.2) is 42.5 Å². The molecule has 152 valence electrons. The molecule has 2 aromatic rings. The van der Waals surface area contributed by atoms with Gasteiger partial charge in [-0.05, 0) is 49.7 Å². The maximum Gasteiger partial charge on any atom is 0.243 e. The number of nitrogens with zero attached hydrogens (tertiary/aromatic N) is 2. The summed E-state index contributed by atoms with van der Waals surface area (Å²) < 4.78 is 0. The predicted octanol–water partition coefficient (Wildman–Crippen LogP) is 5.03. The third-order valence-corrected chi connectivity index (χ3v) is 5.76. The van der Waals surface area contributed by atoms with E-state index < -0.39 is 0 Å². The van der Waals surface area contributed by atoms with Crippen molar-refractivity contribution in [3.8, 4) is 6.07 Å². The summed E-state index contributed by atoms with van der Waals surface area (Å²) in [6.45, 7) is 1.02. The average Bonchev–Trinajstić information content (AvgIpc) is 2.74. The van der Waals surface area contributed by atoms with Gasteiger partial charge in [0.1, 0.15) is 6.07 Å². The Balaban J connectivity index is 1.57. The lowest BCUT2D eigenvalue weighted by molar-refractivity contribution is -0.114. The molecular formula is C23H27ClN4O. The molecule has 3 rings (SSSR count). The molecule has 1 saturated carbocycles. The second-order valence-electron chi connectivity index (χ2n) is 7.57. The number of nitrogens with one attached hydrogen (secondary N) is 2. The Morgan fingerprint density at radius 2 is 1.97 bits per heavy atom. The van der Waals surface area contributed by atoms with Crippen LogP contribution < -0.4 is 10.6 Å². The molecule has 0 unspecified atom stereocenters. The molecule has 0 saturated heterocycles. The number of para-hydroxylation sites is 1. The Bertz CT molecular complexity index is 887. The van der Waals surface area contributed by atoms with Crippen LogP contribution in [0.1, 0.15) is 43.2 Å². The van der Waals surface area contributed by atoms with Gasteiger partial charge >= 0.3 is 0 Å². The first-order valence-corrected chi connectivity index (χ1v) is 10.5. The van der Waals surface area contributed by atoms with Crippen molar-refractivity contribution in [2.75, 3.05) is 24.2 Å². The van der Waals surface area contributed by atoms with Crippen LogP contribution in [-0.2, 0) is 11.3 Å². The first-order chi connectivity index (χ1) is 14.1. The van der Waals surface area contributed by atoms with Gasteiger partial charge in [-0.1, -0.05) is 49.1 Å². The highest BCUT2D eigenvalue weighted by Gasteiger charge is 2.18. The topological polar surface area (TPSA) is 68.2 Å². The van der Waals surface area contributed by atoms with E-state index in [0.717, 1.165) is 12.2 Å². The van der Waals surface area contributed by atoms with Gasteiger partial charge in [0, 0.05) is 24.0 Å². The maximum absolute atomic E-state index is 12.3. The lowest BCUT2D eigenvalue weighted by atomic mass is 9.94. The van der Waals surface area contributed by atoms with E-state index in [2.05, 4.69) is 28.6 Å². The van der Waals surface area contributed by atoms with Crippen LogP contribution in [-0.4, -0.2) is 30.4 Å². The molecule has 1 aliphatic carbocycles. The van der Waals surface area contributed by atoms with Crippen LogP contribution in [0, 0.1) is 11.3 Å². The summed E-state index contributed by atoms with van der Waals surface area (Å²) in [5.74, 6) is -0.166. The molecule has 0 bridgehead atoms. The van der Waals surface area contributed by atoms with E-state index in [1.165, 1.54) is 37.7 Å². The summed E-state index contributed by atoms with van der Waals surface area (Å²) in [7, 11) is 2.19. The van der Waals surface area contributed by atoms with Gasteiger partial charge in [-0.15, -0.1) is 0 Å². The molecule has 0 radical (unpaired) electrons. The third-order valence-electron chi connectivity index (χ3n) is 5.45. The first-order valence-electron chi connectivity index (χ1n) is 10.1. The van der Waals surface area contributed by atoms with Gasteiger partial charge in [-0.2, -0.15) is 5.26 Å². The van der Waals surface area contributed by atoms with E-state index in [-0.39, 0.29) is 12.5 Å². The molecule has 6 heteroatoms. The van der Waals surface area contributed by atoms with E-state index in [9.17, 15) is 4.79 Å². The average molecular weight is 411 g/mol. The molecule has 1 fully saturated rings. The Labute approximate surface area is 177 Å². The fraction of sp³-hybridized carbons (Fsp3) is 0.391. The van der Waals surface area contributed by atoms with Crippen LogP contribution >= 0.6 is 11.6 Å². The van der Waals surface area contributed by atoms with Crippen molar-refractivity contribution < 1.29 is 4.79 Å².